The van der Waals surface area contributed by atoms with Gasteiger partial charge < -0.3 is 24.3 Å². The first-order valence-corrected chi connectivity index (χ1v) is 12.7. The number of methoxy groups -OCH3 is 1. The number of hydrogen-bond acceptors (Lipinski definition) is 7. The van der Waals surface area contributed by atoms with Crippen LogP contribution in [0, 0.1) is 5.92 Å². The molecule has 34 heavy (non-hydrogen) atoms. The molecule has 9 nitrogen and oxygen atoms in total. The number of benzene rings is 2. The largest absolute Gasteiger partial charge is 0.495 e. The predicted molar refractivity (Wildman–Crippen MR) is 128 cm³/mol. The van der Waals surface area contributed by atoms with Crippen LogP contribution in [0.3, 0.4) is 0 Å². The van der Waals surface area contributed by atoms with Gasteiger partial charge in [-0.25, -0.2) is 8.42 Å². The second-order valence-electron chi connectivity index (χ2n) is 8.14. The summed E-state index contributed by atoms with van der Waals surface area (Å²) in [6.45, 7) is 8.07. The highest BCUT2D eigenvalue weighted by Gasteiger charge is 2.29. The maximum absolute atomic E-state index is 13.2. The molecule has 2 aromatic rings. The zero-order valence-electron chi connectivity index (χ0n) is 20.0. The van der Waals surface area contributed by atoms with Crippen LogP contribution in [0.4, 0.5) is 5.69 Å². The van der Waals surface area contributed by atoms with Gasteiger partial charge in [0.05, 0.1) is 33.5 Å². The van der Waals surface area contributed by atoms with E-state index in [9.17, 15) is 13.2 Å². The Morgan fingerprint density at radius 3 is 2.41 bits per heavy atom. The van der Waals surface area contributed by atoms with Gasteiger partial charge >= 0.3 is 0 Å². The molecular formula is C24H32N2O7S. The minimum atomic E-state index is -3.82. The van der Waals surface area contributed by atoms with Crippen molar-refractivity contribution in [3.63, 3.8) is 0 Å². The molecule has 2 aromatic carbocycles. The van der Waals surface area contributed by atoms with Crippen LogP contribution in [0.1, 0.15) is 31.1 Å². The van der Waals surface area contributed by atoms with Gasteiger partial charge in [-0.05, 0) is 49.2 Å². The summed E-state index contributed by atoms with van der Waals surface area (Å²) in [5.74, 6) is 1.18. The Kier molecular flexibility index (Phi) is 8.76. The van der Waals surface area contributed by atoms with Gasteiger partial charge in [-0.1, -0.05) is 13.8 Å². The molecule has 1 N–H and O–H groups in total. The summed E-state index contributed by atoms with van der Waals surface area (Å²) in [5.41, 5.74) is 0.685. The Balaban J connectivity index is 1.84. The number of amides is 1. The first-order chi connectivity index (χ1) is 16.3. The third kappa shape index (κ3) is 6.19. The van der Waals surface area contributed by atoms with Crippen molar-refractivity contribution in [2.24, 2.45) is 5.92 Å². The summed E-state index contributed by atoms with van der Waals surface area (Å²) >= 11 is 0. The van der Waals surface area contributed by atoms with E-state index in [2.05, 4.69) is 5.32 Å². The number of hydrogen-bond donors (Lipinski definition) is 1. The molecule has 0 atom stereocenters. The molecule has 0 aliphatic carbocycles. The van der Waals surface area contributed by atoms with Gasteiger partial charge in [-0.2, -0.15) is 4.31 Å². The summed E-state index contributed by atoms with van der Waals surface area (Å²) < 4.78 is 49.7. The van der Waals surface area contributed by atoms with Gasteiger partial charge in [0.1, 0.15) is 10.6 Å². The monoisotopic (exact) mass is 492 g/mol. The Morgan fingerprint density at radius 1 is 1.06 bits per heavy atom. The summed E-state index contributed by atoms with van der Waals surface area (Å²) in [6, 6.07) is 9.48. The predicted octanol–water partition coefficient (Wildman–Crippen LogP) is 3.40. The van der Waals surface area contributed by atoms with Crippen molar-refractivity contribution in [2.45, 2.75) is 25.7 Å². The summed E-state index contributed by atoms with van der Waals surface area (Å²) in [5, 5.41) is 2.77. The SMILES string of the molecule is CCOc1cc(C(=O)Nc2ccc(OC)c(S(=O)(=O)N3CCOCC3)c2)ccc1OCC(C)C. The molecule has 0 bridgehead atoms. The zero-order chi connectivity index (χ0) is 24.7. The van der Waals surface area contributed by atoms with Crippen LogP contribution < -0.4 is 19.5 Å². The number of anilines is 1. The standard InChI is InChI=1S/C24H32N2O7S/c1-5-32-22-14-18(6-8-20(22)33-16-17(2)3)24(27)25-19-7-9-21(30-4)23(15-19)34(28,29)26-10-12-31-13-11-26/h6-9,14-15,17H,5,10-13,16H2,1-4H3,(H,25,27). The minimum absolute atomic E-state index is 0.0119. The average molecular weight is 493 g/mol. The van der Waals surface area contributed by atoms with E-state index in [0.717, 1.165) is 0 Å². The van der Waals surface area contributed by atoms with Gasteiger partial charge in [0, 0.05) is 24.3 Å². The second-order valence-corrected chi connectivity index (χ2v) is 10.0. The number of ether oxygens (including phenoxy) is 4. The highest BCUT2D eigenvalue weighted by Crippen LogP contribution is 2.32. The Morgan fingerprint density at radius 2 is 1.76 bits per heavy atom. The number of carbonyl (C=O) groups excluding carboxylic acids is 1. The van der Waals surface area contributed by atoms with E-state index >= 15 is 0 Å². The summed E-state index contributed by atoms with van der Waals surface area (Å²) in [7, 11) is -2.41. The highest BCUT2D eigenvalue weighted by molar-refractivity contribution is 7.89. The molecule has 0 saturated carbocycles. The van der Waals surface area contributed by atoms with Crippen LogP contribution in [-0.2, 0) is 14.8 Å². The van der Waals surface area contributed by atoms with Gasteiger partial charge in [-0.15, -0.1) is 0 Å². The van der Waals surface area contributed by atoms with E-state index < -0.39 is 15.9 Å². The molecule has 1 aliphatic heterocycles. The quantitative estimate of drug-likeness (QED) is 0.542. The smallest absolute Gasteiger partial charge is 0.255 e. The second kappa shape index (κ2) is 11.5. The van der Waals surface area contributed by atoms with Gasteiger partial charge in [0.15, 0.2) is 11.5 Å². The van der Waals surface area contributed by atoms with E-state index in [1.807, 2.05) is 20.8 Å². The van der Waals surface area contributed by atoms with Crippen molar-refractivity contribution in [1.82, 2.24) is 4.31 Å². The number of sulfonamides is 1. The molecule has 186 valence electrons. The average Bonchev–Trinajstić information content (AvgIpc) is 2.83. The molecule has 1 heterocycles. The fraction of sp³-hybridized carbons (Fsp3) is 0.458. The van der Waals surface area contributed by atoms with Crippen molar-refractivity contribution in [2.75, 3.05) is 51.9 Å². The maximum atomic E-state index is 13.2. The van der Waals surface area contributed by atoms with Crippen molar-refractivity contribution in [3.8, 4) is 17.2 Å². The number of carbonyl (C=O) groups is 1. The van der Waals surface area contributed by atoms with E-state index in [0.29, 0.717) is 55.1 Å². The number of nitrogens with zero attached hydrogens (tertiary/aromatic N) is 1. The van der Waals surface area contributed by atoms with E-state index in [4.69, 9.17) is 18.9 Å². The Labute approximate surface area is 201 Å². The topological polar surface area (TPSA) is 103 Å². The van der Waals surface area contributed by atoms with Crippen molar-refractivity contribution >= 4 is 21.6 Å². The normalized spacial score (nSPS) is 14.6. The molecule has 1 saturated heterocycles. The summed E-state index contributed by atoms with van der Waals surface area (Å²) in [4.78, 5) is 12.9. The molecule has 1 fully saturated rings. The fourth-order valence-corrected chi connectivity index (χ4v) is 4.97. The summed E-state index contributed by atoms with van der Waals surface area (Å²) in [6.07, 6.45) is 0. The minimum Gasteiger partial charge on any atom is -0.495 e. The van der Waals surface area contributed by atoms with Crippen molar-refractivity contribution < 1.29 is 32.2 Å². The van der Waals surface area contributed by atoms with Gasteiger partial charge in [0.25, 0.3) is 5.91 Å². The van der Waals surface area contributed by atoms with Gasteiger partial charge in [0.2, 0.25) is 10.0 Å². The van der Waals surface area contributed by atoms with E-state index in [1.54, 1.807) is 24.3 Å². The number of nitrogens with one attached hydrogen (secondary N) is 1. The molecule has 10 heteroatoms. The van der Waals surface area contributed by atoms with Crippen LogP contribution >= 0.6 is 0 Å². The third-order valence-electron chi connectivity index (χ3n) is 5.09. The lowest BCUT2D eigenvalue weighted by molar-refractivity contribution is 0.0729. The van der Waals surface area contributed by atoms with Gasteiger partial charge in [-0.3, -0.25) is 4.79 Å². The maximum Gasteiger partial charge on any atom is 0.255 e. The van der Waals surface area contributed by atoms with Crippen LogP contribution in [0.25, 0.3) is 0 Å². The first-order valence-electron chi connectivity index (χ1n) is 11.2. The fourth-order valence-electron chi connectivity index (χ4n) is 3.38. The van der Waals surface area contributed by atoms with Crippen LogP contribution in [0.5, 0.6) is 17.2 Å². The lowest BCUT2D eigenvalue weighted by Crippen LogP contribution is -2.40. The Bertz CT molecular complexity index is 1100. The number of morpholine rings is 1. The molecular weight excluding hydrogens is 460 g/mol. The Hall–Kier alpha value is -2.82. The van der Waals surface area contributed by atoms with E-state index in [1.165, 1.54) is 23.5 Å². The first kappa shape index (κ1) is 25.8. The van der Waals surface area contributed by atoms with E-state index in [-0.39, 0.29) is 23.7 Å². The third-order valence-corrected chi connectivity index (χ3v) is 7.01. The molecule has 0 unspecified atom stereocenters. The zero-order valence-corrected chi connectivity index (χ0v) is 20.8. The molecule has 0 spiro atoms. The van der Waals surface area contributed by atoms with Crippen molar-refractivity contribution in [1.29, 1.82) is 0 Å². The lowest BCUT2D eigenvalue weighted by Gasteiger charge is -2.26. The lowest BCUT2D eigenvalue weighted by atomic mass is 10.1. The molecule has 3 rings (SSSR count). The highest BCUT2D eigenvalue weighted by atomic mass is 32.2. The molecule has 1 aliphatic rings. The van der Waals surface area contributed by atoms with Crippen molar-refractivity contribution in [3.05, 3.63) is 42.0 Å². The molecule has 0 radical (unpaired) electrons. The number of rotatable bonds is 10. The van der Waals surface area contributed by atoms with Crippen LogP contribution in [-0.4, -0.2) is 65.3 Å². The van der Waals surface area contributed by atoms with Crippen LogP contribution in [0.15, 0.2) is 41.3 Å². The molecule has 0 aromatic heterocycles. The molecule has 1 amide bonds. The van der Waals surface area contributed by atoms with Crippen LogP contribution in [0.2, 0.25) is 0 Å².